The van der Waals surface area contributed by atoms with E-state index in [1.807, 2.05) is 24.4 Å². The molecule has 0 amide bonds. The molecule has 1 aliphatic carbocycles. The molecule has 28 heavy (non-hydrogen) atoms. The lowest BCUT2D eigenvalue weighted by atomic mass is 9.93. The number of hydrogen-bond donors (Lipinski definition) is 2. The molecule has 1 fully saturated rings. The Hall–Kier alpha value is -3.40. The van der Waals surface area contributed by atoms with Crippen LogP contribution in [0.1, 0.15) is 43.5 Å². The van der Waals surface area contributed by atoms with Crippen LogP contribution < -0.4 is 5.32 Å². The Morgan fingerprint density at radius 1 is 1.21 bits per heavy atom. The molecule has 0 unspecified atom stereocenters. The molecular weight excluding hydrogens is 350 g/mol. The van der Waals surface area contributed by atoms with Crippen molar-refractivity contribution in [3.63, 3.8) is 0 Å². The van der Waals surface area contributed by atoms with Crippen molar-refractivity contribution in [1.82, 2.24) is 29.5 Å². The number of aromatic nitrogens is 6. The summed E-state index contributed by atoms with van der Waals surface area (Å²) >= 11 is 0. The van der Waals surface area contributed by atoms with Crippen LogP contribution in [-0.4, -0.2) is 35.6 Å². The van der Waals surface area contributed by atoms with Crippen LogP contribution >= 0.6 is 0 Å². The van der Waals surface area contributed by atoms with Crippen molar-refractivity contribution in [1.29, 1.82) is 0 Å². The molecule has 0 aromatic carbocycles. The van der Waals surface area contributed by atoms with Gasteiger partial charge in [0.05, 0.1) is 11.7 Å². The van der Waals surface area contributed by atoms with Crippen molar-refractivity contribution < 1.29 is 0 Å². The van der Waals surface area contributed by atoms with E-state index in [1.54, 1.807) is 12.4 Å². The SMILES string of the molecule is C#Cc1ccc(N[C@H]2C[C@@H](CC)[C@H](c3nnc4cnc5[nH]ccc5n34)C2)nc1. The van der Waals surface area contributed by atoms with Gasteiger partial charge in [-0.3, -0.25) is 4.40 Å². The lowest BCUT2D eigenvalue weighted by Crippen LogP contribution is -2.16. The van der Waals surface area contributed by atoms with Gasteiger partial charge < -0.3 is 10.3 Å². The Morgan fingerprint density at radius 3 is 2.93 bits per heavy atom. The van der Waals surface area contributed by atoms with Gasteiger partial charge in [-0.2, -0.15) is 0 Å². The average Bonchev–Trinajstić information content (AvgIpc) is 3.45. The van der Waals surface area contributed by atoms with Crippen molar-refractivity contribution in [3.05, 3.63) is 48.2 Å². The average molecular weight is 371 g/mol. The Bertz CT molecular complexity index is 1170. The zero-order valence-electron chi connectivity index (χ0n) is 15.6. The predicted molar refractivity (Wildman–Crippen MR) is 108 cm³/mol. The van der Waals surface area contributed by atoms with Gasteiger partial charge in [0.1, 0.15) is 11.6 Å². The summed E-state index contributed by atoms with van der Waals surface area (Å²) in [6.07, 6.45) is 14.0. The van der Waals surface area contributed by atoms with Crippen LogP contribution in [0.3, 0.4) is 0 Å². The summed E-state index contributed by atoms with van der Waals surface area (Å²) in [5.41, 5.74) is 3.46. The highest BCUT2D eigenvalue weighted by Crippen LogP contribution is 2.42. The van der Waals surface area contributed by atoms with Crippen molar-refractivity contribution >= 4 is 22.6 Å². The molecule has 3 atom stereocenters. The molecule has 4 aromatic rings. The van der Waals surface area contributed by atoms with Crippen molar-refractivity contribution in [2.75, 3.05) is 5.32 Å². The predicted octanol–water partition coefficient (Wildman–Crippen LogP) is 3.37. The number of H-pyrrole nitrogens is 1. The minimum atomic E-state index is 0.336. The van der Waals surface area contributed by atoms with E-state index in [4.69, 9.17) is 6.42 Å². The van der Waals surface area contributed by atoms with Crippen LogP contribution in [0.5, 0.6) is 0 Å². The second-order valence-corrected chi connectivity index (χ2v) is 7.39. The highest BCUT2D eigenvalue weighted by Gasteiger charge is 2.37. The highest BCUT2D eigenvalue weighted by atomic mass is 15.3. The van der Waals surface area contributed by atoms with Crippen LogP contribution in [-0.2, 0) is 0 Å². The lowest BCUT2D eigenvalue weighted by Gasteiger charge is -2.15. The van der Waals surface area contributed by atoms with E-state index in [1.165, 1.54) is 0 Å². The van der Waals surface area contributed by atoms with Crippen LogP contribution in [0.25, 0.3) is 16.8 Å². The van der Waals surface area contributed by atoms with Crippen LogP contribution in [0, 0.1) is 18.3 Å². The van der Waals surface area contributed by atoms with Crippen molar-refractivity contribution in [2.24, 2.45) is 5.92 Å². The second kappa shape index (κ2) is 6.64. The van der Waals surface area contributed by atoms with E-state index in [9.17, 15) is 0 Å². The fraction of sp³-hybridized carbons (Fsp3) is 0.333. The summed E-state index contributed by atoms with van der Waals surface area (Å²) in [6, 6.07) is 6.24. The van der Waals surface area contributed by atoms with Gasteiger partial charge >= 0.3 is 0 Å². The molecule has 0 spiro atoms. The molecule has 4 aromatic heterocycles. The Balaban J connectivity index is 1.46. The number of pyridine rings is 1. The first-order valence-electron chi connectivity index (χ1n) is 9.63. The largest absolute Gasteiger partial charge is 0.367 e. The molecule has 2 N–H and O–H groups in total. The molecule has 7 nitrogen and oxygen atoms in total. The number of anilines is 1. The minimum absolute atomic E-state index is 0.336. The van der Waals surface area contributed by atoms with Gasteiger partial charge in [-0.25, -0.2) is 9.97 Å². The van der Waals surface area contributed by atoms with Gasteiger partial charge in [0.2, 0.25) is 0 Å². The summed E-state index contributed by atoms with van der Waals surface area (Å²) in [7, 11) is 0. The smallest absolute Gasteiger partial charge is 0.179 e. The molecule has 0 radical (unpaired) electrons. The number of nitrogens with one attached hydrogen (secondary N) is 2. The first kappa shape index (κ1) is 16.8. The first-order chi connectivity index (χ1) is 13.8. The number of aromatic amines is 1. The maximum atomic E-state index is 5.42. The van der Waals surface area contributed by atoms with E-state index in [0.29, 0.717) is 17.9 Å². The summed E-state index contributed by atoms with van der Waals surface area (Å²) in [6.45, 7) is 2.25. The lowest BCUT2D eigenvalue weighted by molar-refractivity contribution is 0.451. The maximum absolute atomic E-state index is 5.42. The third-order valence-electron chi connectivity index (χ3n) is 5.80. The minimum Gasteiger partial charge on any atom is -0.367 e. The van der Waals surface area contributed by atoms with Gasteiger partial charge in [-0.1, -0.05) is 19.3 Å². The fourth-order valence-corrected chi connectivity index (χ4v) is 4.42. The van der Waals surface area contributed by atoms with Crippen LogP contribution in [0.15, 0.2) is 36.8 Å². The highest BCUT2D eigenvalue weighted by molar-refractivity contribution is 5.74. The standard InChI is InChI=1S/C21H21N7/c1-3-13-5-6-18(23-11-13)25-15-9-14(4-2)16(10-15)21-27-26-19-12-24-20-17(28(19)21)7-8-22-20/h1,5-8,11-12,14-16,22H,4,9-10H2,2H3,(H,23,25)/t14-,15+,16-/m1/s1. The molecule has 140 valence electrons. The Kier molecular flexibility index (Phi) is 3.97. The van der Waals surface area contributed by atoms with E-state index < -0.39 is 0 Å². The topological polar surface area (TPSA) is 83.8 Å². The molecule has 0 saturated heterocycles. The second-order valence-electron chi connectivity index (χ2n) is 7.39. The first-order valence-corrected chi connectivity index (χ1v) is 9.63. The van der Waals surface area contributed by atoms with Gasteiger partial charge in [-0.15, -0.1) is 16.6 Å². The molecular formula is C21H21N7. The molecule has 1 aliphatic rings. The molecule has 5 rings (SSSR count). The fourth-order valence-electron chi connectivity index (χ4n) is 4.42. The molecule has 0 aliphatic heterocycles. The number of rotatable bonds is 4. The van der Waals surface area contributed by atoms with Gasteiger partial charge in [0, 0.05) is 29.9 Å². The van der Waals surface area contributed by atoms with E-state index in [-0.39, 0.29) is 0 Å². The quantitative estimate of drug-likeness (QED) is 0.538. The summed E-state index contributed by atoms with van der Waals surface area (Å²) in [5.74, 6) is 5.36. The monoisotopic (exact) mass is 371 g/mol. The number of hydrogen-bond acceptors (Lipinski definition) is 5. The molecule has 0 bridgehead atoms. The zero-order chi connectivity index (χ0) is 19.1. The zero-order valence-corrected chi connectivity index (χ0v) is 15.6. The third-order valence-corrected chi connectivity index (χ3v) is 5.80. The van der Waals surface area contributed by atoms with E-state index in [2.05, 4.69) is 47.7 Å². The Morgan fingerprint density at radius 2 is 2.14 bits per heavy atom. The molecule has 1 saturated carbocycles. The summed E-state index contributed by atoms with van der Waals surface area (Å²) < 4.78 is 2.15. The molecule has 7 heteroatoms. The van der Waals surface area contributed by atoms with Crippen molar-refractivity contribution in [2.45, 2.75) is 38.1 Å². The maximum Gasteiger partial charge on any atom is 0.179 e. The number of terminal acetylenes is 1. The van der Waals surface area contributed by atoms with Crippen LogP contribution in [0.4, 0.5) is 5.82 Å². The summed E-state index contributed by atoms with van der Waals surface area (Å²) in [4.78, 5) is 12.0. The van der Waals surface area contributed by atoms with Crippen LogP contribution in [0.2, 0.25) is 0 Å². The normalized spacial score (nSPS) is 21.9. The Labute approximate surface area is 162 Å². The number of nitrogens with zero attached hydrogens (tertiary/aromatic N) is 5. The van der Waals surface area contributed by atoms with Crippen molar-refractivity contribution in [3.8, 4) is 12.3 Å². The van der Waals surface area contributed by atoms with E-state index >= 15 is 0 Å². The summed E-state index contributed by atoms with van der Waals surface area (Å²) in [5, 5.41) is 12.5. The molecule has 4 heterocycles. The number of fused-ring (bicyclic) bond motifs is 3. The third kappa shape index (κ3) is 2.69. The van der Waals surface area contributed by atoms with E-state index in [0.717, 1.165) is 53.3 Å². The van der Waals surface area contributed by atoms with Gasteiger partial charge in [-0.05, 0) is 37.0 Å². The van der Waals surface area contributed by atoms with Gasteiger partial charge in [0.15, 0.2) is 11.3 Å². The van der Waals surface area contributed by atoms with Gasteiger partial charge in [0.25, 0.3) is 0 Å².